The van der Waals surface area contributed by atoms with Crippen LogP contribution >= 0.6 is 0 Å². The van der Waals surface area contributed by atoms with Gasteiger partial charge in [0.05, 0.1) is 32.9 Å². The largest absolute Gasteiger partial charge is 0.0636 e. The Morgan fingerprint density at radius 3 is 1.89 bits per heavy atom. The van der Waals surface area contributed by atoms with Gasteiger partial charge in [0.15, 0.2) is 0 Å². The summed E-state index contributed by atoms with van der Waals surface area (Å²) in [7, 11) is 0. The van der Waals surface area contributed by atoms with Crippen LogP contribution in [0.5, 0.6) is 0 Å². The van der Waals surface area contributed by atoms with Gasteiger partial charge in [0, 0.05) is 5.41 Å². The first-order valence-electron chi connectivity index (χ1n) is 26.0. The van der Waals surface area contributed by atoms with Crippen molar-refractivity contribution in [3.8, 4) is 33.4 Å². The van der Waals surface area contributed by atoms with E-state index in [4.69, 9.17) is 19.2 Å². The summed E-state index contributed by atoms with van der Waals surface area (Å²) >= 11 is 0. The maximum absolute atomic E-state index is 10.2. The Morgan fingerprint density at radius 1 is 0.378 bits per heavy atom. The summed E-state index contributed by atoms with van der Waals surface area (Å²) in [5.41, 5.74) is -4.92. The Balaban J connectivity index is 1.54. The Labute approximate surface area is 296 Å². The standard InChI is InChI=1S/C45H30/c1-45(2)40-19-6-5-15-34(40)36-18-9-17-35-33(22-23-41(45)44(35)36)31-24-29-10-3-4-14-32(29)38(26-31)39-25-30-13-7-11-27-20-21-28-12-8-16-37(39)43(28)42(27)30/h3-26H,1-2H3/i3D,4D,5D,6D,7D,8D,9D,10D,11D,12D,13D,14D,15D,16D,17D,18D,19D,20D,21D,22D,23D,24D,25D,26D. The van der Waals surface area contributed by atoms with Gasteiger partial charge < -0.3 is 0 Å². The van der Waals surface area contributed by atoms with Crippen molar-refractivity contribution in [1.29, 1.82) is 0 Å². The lowest BCUT2D eigenvalue weighted by atomic mass is 9.68. The van der Waals surface area contributed by atoms with Crippen LogP contribution in [0.3, 0.4) is 0 Å². The molecule has 1 aliphatic rings. The van der Waals surface area contributed by atoms with Gasteiger partial charge in [0.2, 0.25) is 0 Å². The highest BCUT2D eigenvalue weighted by Gasteiger charge is 2.33. The van der Waals surface area contributed by atoms with Crippen molar-refractivity contribution >= 4 is 53.9 Å². The fourth-order valence-electron chi connectivity index (χ4n) is 6.56. The second-order valence-electron chi connectivity index (χ2n) is 11.4. The van der Waals surface area contributed by atoms with Gasteiger partial charge in [0.1, 0.15) is 0 Å². The molecule has 0 heterocycles. The topological polar surface area (TPSA) is 0 Å². The fourth-order valence-corrected chi connectivity index (χ4v) is 6.56. The minimum absolute atomic E-state index is 0.0667. The predicted molar refractivity (Wildman–Crippen MR) is 194 cm³/mol. The van der Waals surface area contributed by atoms with Gasteiger partial charge in [-0.3, -0.25) is 0 Å². The van der Waals surface area contributed by atoms with E-state index in [9.17, 15) is 13.7 Å². The number of fused-ring (bicyclic) bond motifs is 3. The van der Waals surface area contributed by atoms with Gasteiger partial charge in [-0.25, -0.2) is 0 Å². The average Bonchev–Trinajstić information content (AvgIpc) is 3.29. The van der Waals surface area contributed by atoms with Crippen LogP contribution in [0.25, 0.3) is 87.2 Å². The molecule has 0 spiro atoms. The smallest absolute Gasteiger partial charge is 0.0619 e. The van der Waals surface area contributed by atoms with Crippen LogP contribution < -0.4 is 0 Å². The lowest BCUT2D eigenvalue weighted by molar-refractivity contribution is 0.645. The normalized spacial score (nSPS) is 21.2. The van der Waals surface area contributed by atoms with Crippen LogP contribution in [0.4, 0.5) is 0 Å². The van der Waals surface area contributed by atoms with Gasteiger partial charge in [-0.15, -0.1) is 0 Å². The minimum Gasteiger partial charge on any atom is -0.0619 e. The third-order valence-corrected chi connectivity index (χ3v) is 8.62. The molecule has 210 valence electrons. The molecule has 0 heteroatoms. The Kier molecular flexibility index (Phi) is 2.18. The molecule has 0 nitrogen and oxygen atoms in total. The lowest BCUT2D eigenvalue weighted by Crippen LogP contribution is -2.23. The van der Waals surface area contributed by atoms with E-state index in [-0.39, 0.29) is 38.4 Å². The molecule has 0 amide bonds. The summed E-state index contributed by atoms with van der Waals surface area (Å²) in [4.78, 5) is 0. The van der Waals surface area contributed by atoms with E-state index >= 15 is 0 Å². The van der Waals surface area contributed by atoms with Gasteiger partial charge in [-0.2, -0.15) is 0 Å². The molecule has 0 N–H and O–H groups in total. The molecule has 0 aromatic heterocycles. The zero-order valence-electron chi connectivity index (χ0n) is 47.5. The average molecular weight is 595 g/mol. The summed E-state index contributed by atoms with van der Waals surface area (Å²) in [5.74, 6) is 0. The maximum atomic E-state index is 10.2. The molecule has 0 atom stereocenters. The van der Waals surface area contributed by atoms with Crippen LogP contribution in [0, 0.1) is 0 Å². The Morgan fingerprint density at radius 2 is 1.00 bits per heavy atom. The van der Waals surface area contributed by atoms with E-state index in [1.165, 1.54) is 13.8 Å². The monoisotopic (exact) mass is 594 g/mol. The molecule has 0 fully saturated rings. The molecule has 10 rings (SSSR count). The quantitative estimate of drug-likeness (QED) is 0.175. The molecule has 0 bridgehead atoms. The molecule has 45 heavy (non-hydrogen) atoms. The molecule has 9 aromatic rings. The molecule has 0 saturated heterocycles. The lowest BCUT2D eigenvalue weighted by Gasteiger charge is -2.35. The van der Waals surface area contributed by atoms with E-state index in [0.717, 1.165) is 0 Å². The molecule has 0 saturated carbocycles. The summed E-state index contributed by atoms with van der Waals surface area (Å²) < 4.78 is 220. The van der Waals surface area contributed by atoms with Crippen molar-refractivity contribution in [3.63, 3.8) is 0 Å². The van der Waals surface area contributed by atoms with Crippen molar-refractivity contribution in [2.24, 2.45) is 0 Å². The second kappa shape index (κ2) is 8.80. The van der Waals surface area contributed by atoms with Crippen LogP contribution in [0.15, 0.2) is 145 Å². The highest BCUT2D eigenvalue weighted by Crippen LogP contribution is 2.51. The van der Waals surface area contributed by atoms with Gasteiger partial charge in [-0.05, 0) is 116 Å². The second-order valence-corrected chi connectivity index (χ2v) is 11.4. The van der Waals surface area contributed by atoms with Crippen molar-refractivity contribution in [2.75, 3.05) is 0 Å². The molecular formula is C45H30. The van der Waals surface area contributed by atoms with Crippen molar-refractivity contribution in [1.82, 2.24) is 0 Å². The maximum Gasteiger partial charge on any atom is 0.0636 e. The van der Waals surface area contributed by atoms with Crippen molar-refractivity contribution in [2.45, 2.75) is 19.3 Å². The van der Waals surface area contributed by atoms with E-state index in [1.807, 2.05) is 0 Å². The zero-order chi connectivity index (χ0) is 50.7. The number of hydrogen-bond acceptors (Lipinski definition) is 0. The SMILES string of the molecule is [2H]c1c([2H])c([2H])c2c(c1[2H])-c1c([2H])c([2H])c([2H])c3c(-c4c([2H])c(-c5c([2H])c6c([2H])c([2H])c([2H])c7c([2H])c([2H])c8c([2H])c([2H])c([2H])c5c8c76)c5c([2H])c([2H])c([2H])c([2H])c5c4[2H])c([2H])c([2H])c(c13)C2(C)C. The highest BCUT2D eigenvalue weighted by molar-refractivity contribution is 6.27. The molecule has 0 aliphatic heterocycles. The first-order valence-corrected chi connectivity index (χ1v) is 14.0. The summed E-state index contributed by atoms with van der Waals surface area (Å²) in [5, 5.41) is -4.27. The van der Waals surface area contributed by atoms with Gasteiger partial charge in [-0.1, -0.05) is 141 Å². The number of rotatable bonds is 2. The zero-order valence-corrected chi connectivity index (χ0v) is 23.5. The molecule has 9 aromatic carbocycles. The Hall–Kier alpha value is -5.46. The van der Waals surface area contributed by atoms with Gasteiger partial charge >= 0.3 is 0 Å². The highest BCUT2D eigenvalue weighted by atomic mass is 14.4. The third-order valence-electron chi connectivity index (χ3n) is 8.62. The Bertz CT molecular complexity index is 4020. The summed E-state index contributed by atoms with van der Waals surface area (Å²) in [6.07, 6.45) is 0. The van der Waals surface area contributed by atoms with Crippen molar-refractivity contribution < 1.29 is 32.9 Å². The molecule has 0 radical (unpaired) electrons. The fraction of sp³-hybridized carbons (Fsp3) is 0.0667. The van der Waals surface area contributed by atoms with Gasteiger partial charge in [0.25, 0.3) is 0 Å². The molecule has 0 unspecified atom stereocenters. The molecule has 1 aliphatic carbocycles. The first kappa shape index (κ1) is 11.2. The molecular weight excluding hydrogens is 540 g/mol. The number of benzene rings is 9. The van der Waals surface area contributed by atoms with E-state index < -0.39 is 210 Å². The van der Waals surface area contributed by atoms with E-state index in [1.54, 1.807) is 0 Å². The van der Waals surface area contributed by atoms with Crippen LogP contribution in [-0.2, 0) is 5.41 Å². The summed E-state index contributed by atoms with van der Waals surface area (Å²) in [6, 6.07) is -18.4. The van der Waals surface area contributed by atoms with Crippen molar-refractivity contribution in [3.05, 3.63) is 156 Å². The minimum atomic E-state index is -1.58. The van der Waals surface area contributed by atoms with E-state index in [0.29, 0.717) is 0 Å². The first-order chi connectivity index (χ1) is 32.1. The summed E-state index contributed by atoms with van der Waals surface area (Å²) in [6.45, 7) is 3.03. The van der Waals surface area contributed by atoms with E-state index in [2.05, 4.69) is 0 Å². The van der Waals surface area contributed by atoms with Crippen LogP contribution in [0.2, 0.25) is 0 Å². The third kappa shape index (κ3) is 3.32. The van der Waals surface area contributed by atoms with Crippen LogP contribution in [-0.4, -0.2) is 0 Å². The predicted octanol–water partition coefficient (Wildman–Crippen LogP) is 12.5. The number of hydrogen-bond donors (Lipinski definition) is 0. The van der Waals surface area contributed by atoms with Crippen LogP contribution in [0.1, 0.15) is 57.9 Å².